The molecule has 0 fully saturated rings. The number of benzene rings is 9. The summed E-state index contributed by atoms with van der Waals surface area (Å²) in [7, 11) is 0. The van der Waals surface area contributed by atoms with Crippen LogP contribution in [-0.4, -0.2) is 4.98 Å². The monoisotopic (exact) mass is 663 g/mol. The number of fused-ring (bicyclic) bond motifs is 10. The summed E-state index contributed by atoms with van der Waals surface area (Å²) in [5.74, 6) is 0. The lowest BCUT2D eigenvalue weighted by molar-refractivity contribution is 1.47. The van der Waals surface area contributed by atoms with Crippen LogP contribution in [0.4, 0.5) is 0 Å². The van der Waals surface area contributed by atoms with Crippen molar-refractivity contribution in [3.05, 3.63) is 176 Å². The predicted octanol–water partition coefficient (Wildman–Crippen LogP) is 14.2. The van der Waals surface area contributed by atoms with Crippen LogP contribution in [-0.2, 0) is 0 Å². The Hall–Kier alpha value is -6.35. The zero-order chi connectivity index (χ0) is 33.5. The fourth-order valence-electron chi connectivity index (χ4n) is 8.45. The van der Waals surface area contributed by atoms with Crippen LogP contribution in [0.15, 0.2) is 176 Å². The summed E-state index contributed by atoms with van der Waals surface area (Å²) >= 11 is 1.85. The van der Waals surface area contributed by atoms with Crippen LogP contribution in [0.25, 0.3) is 108 Å². The van der Waals surface area contributed by atoms with E-state index in [1.54, 1.807) is 0 Å². The Morgan fingerprint density at radius 2 is 0.863 bits per heavy atom. The van der Waals surface area contributed by atoms with Gasteiger partial charge in [-0.05, 0) is 71.4 Å². The van der Waals surface area contributed by atoms with E-state index in [9.17, 15) is 0 Å². The Labute approximate surface area is 298 Å². The summed E-state index contributed by atoms with van der Waals surface area (Å²) < 4.78 is 2.52. The van der Waals surface area contributed by atoms with Gasteiger partial charge in [-0.25, -0.2) is 4.98 Å². The molecule has 0 atom stereocenters. The van der Waals surface area contributed by atoms with Crippen molar-refractivity contribution in [3.63, 3.8) is 0 Å². The quantitative estimate of drug-likeness (QED) is 0.171. The van der Waals surface area contributed by atoms with Crippen LogP contribution in [0.5, 0.6) is 0 Å². The first kappa shape index (κ1) is 28.5. The summed E-state index contributed by atoms with van der Waals surface area (Å²) in [4.78, 5) is 5.72. The predicted molar refractivity (Wildman–Crippen MR) is 221 cm³/mol. The third kappa shape index (κ3) is 4.18. The molecule has 0 bridgehead atoms. The van der Waals surface area contributed by atoms with Crippen LogP contribution >= 0.6 is 11.3 Å². The number of aromatic nitrogens is 1. The molecule has 0 radical (unpaired) electrons. The molecular weight excluding hydrogens is 635 g/mol. The highest BCUT2D eigenvalue weighted by molar-refractivity contribution is 7.26. The molecule has 236 valence electrons. The van der Waals surface area contributed by atoms with E-state index in [1.807, 2.05) is 11.3 Å². The Kier molecular flexibility index (Phi) is 6.19. The number of nitrogens with zero attached hydrogens (tertiary/aromatic N) is 1. The molecule has 51 heavy (non-hydrogen) atoms. The van der Waals surface area contributed by atoms with E-state index < -0.39 is 0 Å². The molecule has 0 saturated carbocycles. The van der Waals surface area contributed by atoms with E-state index >= 15 is 0 Å². The molecule has 0 amide bonds. The largest absolute Gasteiger partial charge is 0.245 e. The van der Waals surface area contributed by atoms with Crippen LogP contribution in [0.1, 0.15) is 0 Å². The van der Waals surface area contributed by atoms with Gasteiger partial charge >= 0.3 is 0 Å². The summed E-state index contributed by atoms with van der Waals surface area (Å²) in [5, 5.41) is 13.6. The molecule has 0 spiro atoms. The van der Waals surface area contributed by atoms with Crippen molar-refractivity contribution in [2.45, 2.75) is 0 Å². The standard InChI is InChI=1S/C49H29NS/c1-2-14-30(15-3-1)32-27-28-40(35-19-7-6-18-34(32)35)44-36-20-8-10-22-38(36)45(39-23-11-9-21-37(39)44)47-41-24-12-13-25-42(41)49-48(50-47)46-33-17-5-4-16-31(33)26-29-43(46)51-49/h1-29H. The summed E-state index contributed by atoms with van der Waals surface area (Å²) in [5.41, 5.74) is 8.29. The van der Waals surface area contributed by atoms with Gasteiger partial charge in [0.05, 0.1) is 15.9 Å². The Balaban J connectivity index is 1.28. The van der Waals surface area contributed by atoms with E-state index in [1.165, 1.54) is 96.5 Å². The SMILES string of the molecule is c1ccc(-c2ccc(-c3c4ccccc4c(-c4nc5c(sc6ccc7ccccc7c65)c5ccccc45)c4ccccc34)c3ccccc23)cc1. The molecule has 2 heterocycles. The zero-order valence-corrected chi connectivity index (χ0v) is 28.4. The Morgan fingerprint density at radius 3 is 1.55 bits per heavy atom. The van der Waals surface area contributed by atoms with Gasteiger partial charge < -0.3 is 0 Å². The maximum absolute atomic E-state index is 5.72. The maximum Gasteiger partial charge on any atom is 0.0908 e. The highest BCUT2D eigenvalue weighted by Crippen LogP contribution is 2.49. The van der Waals surface area contributed by atoms with Gasteiger partial charge in [0.25, 0.3) is 0 Å². The van der Waals surface area contributed by atoms with Gasteiger partial charge in [0.2, 0.25) is 0 Å². The second-order valence-electron chi connectivity index (χ2n) is 13.4. The average molecular weight is 664 g/mol. The van der Waals surface area contributed by atoms with E-state index in [-0.39, 0.29) is 0 Å². The molecule has 11 rings (SSSR count). The second kappa shape index (κ2) is 11.1. The Bertz CT molecular complexity index is 3130. The molecule has 0 aliphatic carbocycles. The number of hydrogen-bond acceptors (Lipinski definition) is 2. The van der Waals surface area contributed by atoms with Crippen molar-refractivity contribution in [2.75, 3.05) is 0 Å². The smallest absolute Gasteiger partial charge is 0.0908 e. The molecule has 11 aromatic rings. The van der Waals surface area contributed by atoms with E-state index in [2.05, 4.69) is 176 Å². The lowest BCUT2D eigenvalue weighted by Crippen LogP contribution is -1.95. The topological polar surface area (TPSA) is 12.9 Å². The average Bonchev–Trinajstić information content (AvgIpc) is 3.59. The van der Waals surface area contributed by atoms with E-state index in [0.29, 0.717) is 0 Å². The third-order valence-corrected chi connectivity index (χ3v) is 11.8. The number of hydrogen-bond donors (Lipinski definition) is 0. The molecule has 2 heteroatoms. The molecule has 2 aromatic heterocycles. The van der Waals surface area contributed by atoms with Crippen molar-refractivity contribution >= 4 is 85.5 Å². The highest BCUT2D eigenvalue weighted by atomic mass is 32.1. The molecule has 0 N–H and O–H groups in total. The molecule has 9 aromatic carbocycles. The van der Waals surface area contributed by atoms with Gasteiger partial charge in [-0.1, -0.05) is 170 Å². The Morgan fingerprint density at radius 1 is 0.353 bits per heavy atom. The third-order valence-electron chi connectivity index (χ3n) is 10.7. The zero-order valence-electron chi connectivity index (χ0n) is 27.6. The van der Waals surface area contributed by atoms with Gasteiger partial charge in [-0.3, -0.25) is 0 Å². The van der Waals surface area contributed by atoms with Gasteiger partial charge in [0, 0.05) is 26.4 Å². The minimum Gasteiger partial charge on any atom is -0.245 e. The van der Waals surface area contributed by atoms with Gasteiger partial charge in [0.15, 0.2) is 0 Å². The summed E-state index contributed by atoms with van der Waals surface area (Å²) in [6.45, 7) is 0. The molecule has 1 nitrogen and oxygen atoms in total. The molecule has 0 aliphatic rings. The minimum atomic E-state index is 1.04. The van der Waals surface area contributed by atoms with Crippen LogP contribution in [0.3, 0.4) is 0 Å². The van der Waals surface area contributed by atoms with Crippen molar-refractivity contribution < 1.29 is 0 Å². The first-order chi connectivity index (χ1) is 25.3. The normalized spacial score (nSPS) is 11.9. The van der Waals surface area contributed by atoms with Gasteiger partial charge in [-0.15, -0.1) is 11.3 Å². The van der Waals surface area contributed by atoms with E-state index in [0.717, 1.165) is 11.2 Å². The fraction of sp³-hybridized carbons (Fsp3) is 0. The fourth-order valence-corrected chi connectivity index (χ4v) is 9.65. The first-order valence-corrected chi connectivity index (χ1v) is 18.3. The maximum atomic E-state index is 5.72. The van der Waals surface area contributed by atoms with Crippen molar-refractivity contribution in [2.24, 2.45) is 0 Å². The van der Waals surface area contributed by atoms with Crippen LogP contribution in [0.2, 0.25) is 0 Å². The summed E-state index contributed by atoms with van der Waals surface area (Å²) in [6.07, 6.45) is 0. The van der Waals surface area contributed by atoms with Crippen molar-refractivity contribution in [3.8, 4) is 33.5 Å². The minimum absolute atomic E-state index is 1.04. The van der Waals surface area contributed by atoms with Gasteiger partial charge in [-0.2, -0.15) is 0 Å². The van der Waals surface area contributed by atoms with Crippen molar-refractivity contribution in [1.82, 2.24) is 4.98 Å². The second-order valence-corrected chi connectivity index (χ2v) is 14.4. The van der Waals surface area contributed by atoms with Crippen molar-refractivity contribution in [1.29, 1.82) is 0 Å². The molecular formula is C49H29NS. The lowest BCUT2D eigenvalue weighted by atomic mass is 9.84. The van der Waals surface area contributed by atoms with E-state index in [4.69, 9.17) is 4.98 Å². The highest BCUT2D eigenvalue weighted by Gasteiger charge is 2.23. The number of rotatable bonds is 3. The molecule has 0 aliphatic heterocycles. The number of pyridine rings is 1. The molecule has 0 saturated heterocycles. The summed E-state index contributed by atoms with van der Waals surface area (Å²) in [6, 6.07) is 64.2. The first-order valence-electron chi connectivity index (χ1n) is 17.5. The molecule has 0 unspecified atom stereocenters. The van der Waals surface area contributed by atoms with Crippen LogP contribution < -0.4 is 0 Å². The number of thiophene rings is 1. The lowest BCUT2D eigenvalue weighted by Gasteiger charge is -2.20. The van der Waals surface area contributed by atoms with Gasteiger partial charge in [0.1, 0.15) is 0 Å². The van der Waals surface area contributed by atoms with Crippen LogP contribution in [0, 0.1) is 0 Å².